The molecule has 11 rings (SSSR count). The molecule has 0 amide bonds. The molecular weight excluding hydrogens is 661 g/mol. The first kappa shape index (κ1) is 30.0. The molecule has 0 saturated heterocycles. The van der Waals surface area contributed by atoms with Crippen LogP contribution in [0, 0.1) is 0 Å². The fourth-order valence-corrected chi connectivity index (χ4v) is 9.41. The van der Waals surface area contributed by atoms with Gasteiger partial charge < -0.3 is 0 Å². The number of aromatic nitrogens is 2. The van der Waals surface area contributed by atoms with Gasteiger partial charge in [0.25, 0.3) is 0 Å². The van der Waals surface area contributed by atoms with Gasteiger partial charge in [-0.2, -0.15) is 0 Å². The number of hydrogen-bond acceptors (Lipinski definition) is 3. The van der Waals surface area contributed by atoms with Crippen molar-refractivity contribution in [1.29, 1.82) is 0 Å². The zero-order valence-corrected chi connectivity index (χ0v) is 29.4. The Bertz CT molecular complexity index is 3230. The average Bonchev–Trinajstić information content (AvgIpc) is 3.62. The topological polar surface area (TPSA) is 25.8 Å². The smallest absolute Gasteiger partial charge is 0.160 e. The van der Waals surface area contributed by atoms with Crippen molar-refractivity contribution in [1.82, 2.24) is 9.97 Å². The summed E-state index contributed by atoms with van der Waals surface area (Å²) in [6, 6.07) is 65.6. The summed E-state index contributed by atoms with van der Waals surface area (Å²) >= 11 is 1.83. The Kier molecular flexibility index (Phi) is 6.76. The van der Waals surface area contributed by atoms with Crippen molar-refractivity contribution in [3.05, 3.63) is 182 Å². The highest BCUT2D eigenvalue weighted by molar-refractivity contribution is 7.25. The maximum atomic E-state index is 5.31. The first-order valence-electron chi connectivity index (χ1n) is 18.0. The minimum absolute atomic E-state index is 0.717. The SMILES string of the molecule is c1ccc(-c2nc(-c3ccc(-c4c5ccccc5cc5c4ccc4ccccc45)c4ccccc34)cc(-c3cccc4sc5ccccc5c34)n2)cc1. The maximum absolute atomic E-state index is 5.31. The van der Waals surface area contributed by atoms with Gasteiger partial charge in [0.1, 0.15) is 0 Å². The first-order valence-corrected chi connectivity index (χ1v) is 18.8. The van der Waals surface area contributed by atoms with E-state index in [2.05, 4.69) is 176 Å². The molecule has 9 aromatic carbocycles. The normalized spacial score (nSPS) is 11.8. The molecule has 246 valence electrons. The Balaban J connectivity index is 1.19. The standard InChI is InChI=1S/C50H30N2S/c1-2-14-32(15-3-1)50-51-44(30-45(52-50)41-22-12-24-47-49(41)42-21-10-11-23-46(42)53-47)38-27-28-39(37-20-9-8-19-36(37)38)48-35-18-7-5-16-33(35)29-43-34-17-6-4-13-31(34)25-26-40(43)48/h1-30H. The van der Waals surface area contributed by atoms with E-state index >= 15 is 0 Å². The van der Waals surface area contributed by atoms with E-state index in [1.54, 1.807) is 0 Å². The molecular formula is C50H30N2S. The summed E-state index contributed by atoms with van der Waals surface area (Å²) in [6.45, 7) is 0. The first-order chi connectivity index (χ1) is 26.3. The van der Waals surface area contributed by atoms with Crippen molar-refractivity contribution in [3.63, 3.8) is 0 Å². The van der Waals surface area contributed by atoms with E-state index < -0.39 is 0 Å². The molecule has 53 heavy (non-hydrogen) atoms. The van der Waals surface area contributed by atoms with Crippen LogP contribution >= 0.6 is 11.3 Å². The fourth-order valence-electron chi connectivity index (χ4n) is 8.28. The Labute approximate surface area is 310 Å². The molecule has 11 aromatic rings. The molecule has 0 bridgehead atoms. The van der Waals surface area contributed by atoms with Crippen molar-refractivity contribution in [3.8, 4) is 45.0 Å². The van der Waals surface area contributed by atoms with Crippen LogP contribution in [0.5, 0.6) is 0 Å². The van der Waals surface area contributed by atoms with Crippen LogP contribution in [0.4, 0.5) is 0 Å². The summed E-state index contributed by atoms with van der Waals surface area (Å²) in [5.41, 5.74) is 7.50. The Morgan fingerprint density at radius 3 is 1.79 bits per heavy atom. The molecule has 2 nitrogen and oxygen atoms in total. The fraction of sp³-hybridized carbons (Fsp3) is 0. The van der Waals surface area contributed by atoms with Crippen molar-refractivity contribution >= 4 is 74.6 Å². The van der Waals surface area contributed by atoms with Gasteiger partial charge in [-0.3, -0.25) is 0 Å². The third-order valence-electron chi connectivity index (χ3n) is 10.7. The molecule has 0 fully saturated rings. The summed E-state index contributed by atoms with van der Waals surface area (Å²) < 4.78 is 2.54. The molecule has 0 saturated carbocycles. The predicted octanol–water partition coefficient (Wildman–Crippen LogP) is 14.1. The third kappa shape index (κ3) is 4.78. The van der Waals surface area contributed by atoms with Crippen LogP contribution in [-0.2, 0) is 0 Å². The van der Waals surface area contributed by atoms with Gasteiger partial charge in [0.2, 0.25) is 0 Å². The van der Waals surface area contributed by atoms with E-state index in [-0.39, 0.29) is 0 Å². The van der Waals surface area contributed by atoms with Crippen LogP contribution in [0.1, 0.15) is 0 Å². The lowest BCUT2D eigenvalue weighted by atomic mass is 9.86. The molecule has 0 N–H and O–H groups in total. The van der Waals surface area contributed by atoms with Crippen LogP contribution in [-0.4, -0.2) is 9.97 Å². The zero-order valence-electron chi connectivity index (χ0n) is 28.6. The lowest BCUT2D eigenvalue weighted by Crippen LogP contribution is -1.97. The van der Waals surface area contributed by atoms with Gasteiger partial charge in [0.15, 0.2) is 5.82 Å². The summed E-state index contributed by atoms with van der Waals surface area (Å²) in [6.07, 6.45) is 0. The highest BCUT2D eigenvalue weighted by Gasteiger charge is 2.19. The number of thiophene rings is 1. The second-order valence-corrected chi connectivity index (χ2v) is 14.7. The Hall–Kier alpha value is -6.68. The second kappa shape index (κ2) is 11.9. The van der Waals surface area contributed by atoms with Crippen molar-refractivity contribution < 1.29 is 0 Å². The minimum atomic E-state index is 0.717. The third-order valence-corrected chi connectivity index (χ3v) is 11.8. The molecule has 0 unspecified atom stereocenters. The highest BCUT2D eigenvalue weighted by atomic mass is 32.1. The van der Waals surface area contributed by atoms with Crippen molar-refractivity contribution in [2.45, 2.75) is 0 Å². The monoisotopic (exact) mass is 690 g/mol. The summed E-state index contributed by atoms with van der Waals surface area (Å²) in [4.78, 5) is 10.6. The summed E-state index contributed by atoms with van der Waals surface area (Å²) in [5.74, 6) is 0.717. The van der Waals surface area contributed by atoms with Crippen molar-refractivity contribution in [2.75, 3.05) is 0 Å². The number of nitrogens with zero attached hydrogens (tertiary/aromatic N) is 2. The average molecular weight is 691 g/mol. The van der Waals surface area contributed by atoms with Crippen LogP contribution in [0.2, 0.25) is 0 Å². The Morgan fingerprint density at radius 2 is 0.962 bits per heavy atom. The van der Waals surface area contributed by atoms with E-state index in [1.807, 2.05) is 17.4 Å². The van der Waals surface area contributed by atoms with Crippen LogP contribution in [0.15, 0.2) is 182 Å². The quantitative estimate of drug-likeness (QED) is 0.136. The Morgan fingerprint density at radius 1 is 0.340 bits per heavy atom. The van der Waals surface area contributed by atoms with Crippen LogP contribution in [0.25, 0.3) is 108 Å². The van der Waals surface area contributed by atoms with Gasteiger partial charge in [0.05, 0.1) is 11.4 Å². The molecule has 3 heteroatoms. The number of fused-ring (bicyclic) bond motifs is 8. The minimum Gasteiger partial charge on any atom is -0.228 e. The maximum Gasteiger partial charge on any atom is 0.160 e. The van der Waals surface area contributed by atoms with E-state index in [0.29, 0.717) is 0 Å². The van der Waals surface area contributed by atoms with Gasteiger partial charge in [-0.1, -0.05) is 158 Å². The molecule has 0 radical (unpaired) electrons. The van der Waals surface area contributed by atoms with Crippen LogP contribution in [0.3, 0.4) is 0 Å². The van der Waals surface area contributed by atoms with Gasteiger partial charge >= 0.3 is 0 Å². The molecule has 0 aliphatic heterocycles. The lowest BCUT2D eigenvalue weighted by molar-refractivity contribution is 1.19. The van der Waals surface area contributed by atoms with Gasteiger partial charge in [-0.15, -0.1) is 11.3 Å². The summed E-state index contributed by atoms with van der Waals surface area (Å²) in [5, 5.41) is 12.4. The van der Waals surface area contributed by atoms with E-state index in [4.69, 9.17) is 9.97 Å². The predicted molar refractivity (Wildman–Crippen MR) is 227 cm³/mol. The van der Waals surface area contributed by atoms with Gasteiger partial charge in [0, 0.05) is 36.9 Å². The number of benzene rings is 9. The summed E-state index contributed by atoms with van der Waals surface area (Å²) in [7, 11) is 0. The molecule has 0 aliphatic rings. The van der Waals surface area contributed by atoms with Gasteiger partial charge in [-0.25, -0.2) is 9.97 Å². The molecule has 0 aliphatic carbocycles. The molecule has 0 spiro atoms. The zero-order chi connectivity index (χ0) is 34.9. The molecule has 2 heterocycles. The second-order valence-electron chi connectivity index (χ2n) is 13.7. The number of rotatable bonds is 4. The number of hydrogen-bond donors (Lipinski definition) is 0. The van der Waals surface area contributed by atoms with E-state index in [0.717, 1.165) is 39.3 Å². The van der Waals surface area contributed by atoms with Gasteiger partial charge in [-0.05, 0) is 78.5 Å². The van der Waals surface area contributed by atoms with Crippen LogP contribution < -0.4 is 0 Å². The molecule has 2 aromatic heterocycles. The van der Waals surface area contributed by atoms with E-state index in [1.165, 1.54) is 69.0 Å². The van der Waals surface area contributed by atoms with Crippen molar-refractivity contribution in [2.24, 2.45) is 0 Å². The highest BCUT2D eigenvalue weighted by Crippen LogP contribution is 2.45. The largest absolute Gasteiger partial charge is 0.228 e. The van der Waals surface area contributed by atoms with E-state index in [9.17, 15) is 0 Å². The lowest BCUT2D eigenvalue weighted by Gasteiger charge is -2.18. The molecule has 0 atom stereocenters.